The lowest BCUT2D eigenvalue weighted by Crippen LogP contribution is -2.13. The van der Waals surface area contributed by atoms with Gasteiger partial charge < -0.3 is 0 Å². The molecule has 26 heavy (non-hydrogen) atoms. The molecule has 0 saturated heterocycles. The van der Waals surface area contributed by atoms with Crippen molar-refractivity contribution in [2.75, 3.05) is 4.72 Å². The number of hydrogen-bond acceptors (Lipinski definition) is 5. The Bertz CT molecular complexity index is 1060. The summed E-state index contributed by atoms with van der Waals surface area (Å²) in [4.78, 5) is 0. The molecule has 0 unspecified atom stereocenters. The highest BCUT2D eigenvalue weighted by Gasteiger charge is 2.14. The Morgan fingerprint density at radius 1 is 1.08 bits per heavy atom. The molecule has 0 radical (unpaired) electrons. The van der Waals surface area contributed by atoms with Crippen LogP contribution >= 0.6 is 11.6 Å². The van der Waals surface area contributed by atoms with Gasteiger partial charge in [-0.2, -0.15) is 14.9 Å². The molecule has 7 nitrogen and oxygen atoms in total. The molecular weight excluding hydrogens is 374 g/mol. The maximum atomic E-state index is 12.4. The van der Waals surface area contributed by atoms with E-state index in [1.165, 1.54) is 10.8 Å². The topological polar surface area (TPSA) is 89.8 Å². The van der Waals surface area contributed by atoms with Crippen molar-refractivity contribution in [1.29, 1.82) is 0 Å². The van der Waals surface area contributed by atoms with Gasteiger partial charge in [-0.15, -0.1) is 5.10 Å². The molecule has 0 saturated carbocycles. The van der Waals surface area contributed by atoms with E-state index in [-0.39, 0.29) is 5.82 Å². The number of nitrogens with one attached hydrogen (secondary N) is 1. The fraction of sp³-hybridized carbons (Fsp3) is 0.118. The molecule has 0 fully saturated rings. The Labute approximate surface area is 156 Å². The van der Waals surface area contributed by atoms with E-state index >= 15 is 0 Å². The van der Waals surface area contributed by atoms with Gasteiger partial charge in [-0.3, -0.25) is 4.72 Å². The summed E-state index contributed by atoms with van der Waals surface area (Å²) in [7, 11) is -3.77. The van der Waals surface area contributed by atoms with Crippen molar-refractivity contribution >= 4 is 33.5 Å². The van der Waals surface area contributed by atoms with Crippen LogP contribution in [0.5, 0.6) is 0 Å². The molecule has 0 spiro atoms. The summed E-state index contributed by atoms with van der Waals surface area (Å²) in [6.07, 6.45) is 1.43. The third-order valence-corrected chi connectivity index (χ3v) is 4.74. The zero-order valence-corrected chi connectivity index (χ0v) is 15.7. The molecule has 0 amide bonds. The van der Waals surface area contributed by atoms with Gasteiger partial charge in [0.25, 0.3) is 10.0 Å². The number of aromatic nitrogens is 4. The van der Waals surface area contributed by atoms with Gasteiger partial charge in [-0.1, -0.05) is 29.8 Å². The monoisotopic (exact) mass is 389 g/mol. The second-order valence-corrected chi connectivity index (χ2v) is 7.56. The minimum atomic E-state index is -3.77. The van der Waals surface area contributed by atoms with Gasteiger partial charge in [0.15, 0.2) is 5.82 Å². The lowest BCUT2D eigenvalue weighted by molar-refractivity contribution is 0.609. The number of anilines is 1. The Morgan fingerprint density at radius 3 is 2.54 bits per heavy atom. The first-order valence-corrected chi connectivity index (χ1v) is 9.59. The highest BCUT2D eigenvalue weighted by atomic mass is 35.5. The average molecular weight is 390 g/mol. The number of halogens is 1. The van der Waals surface area contributed by atoms with E-state index in [9.17, 15) is 8.42 Å². The number of benzene rings is 1. The van der Waals surface area contributed by atoms with Crippen LogP contribution in [0.15, 0.2) is 47.9 Å². The second kappa shape index (κ2) is 7.27. The molecule has 0 bridgehead atoms. The van der Waals surface area contributed by atoms with Crippen LogP contribution in [0.25, 0.3) is 11.9 Å². The summed E-state index contributed by atoms with van der Waals surface area (Å²) >= 11 is 6.04. The summed E-state index contributed by atoms with van der Waals surface area (Å²) < 4.78 is 28.7. The van der Waals surface area contributed by atoms with Gasteiger partial charge >= 0.3 is 0 Å². The van der Waals surface area contributed by atoms with Crippen LogP contribution in [-0.4, -0.2) is 28.4 Å². The van der Waals surface area contributed by atoms with Crippen molar-refractivity contribution in [3.63, 3.8) is 0 Å². The van der Waals surface area contributed by atoms with Crippen LogP contribution in [-0.2, 0) is 10.0 Å². The Kier molecular flexibility index (Phi) is 5.06. The zero-order valence-electron chi connectivity index (χ0n) is 14.1. The molecular formula is C17H16ClN5O2S. The fourth-order valence-corrected chi connectivity index (χ4v) is 3.23. The van der Waals surface area contributed by atoms with E-state index in [1.807, 2.05) is 6.92 Å². The van der Waals surface area contributed by atoms with Crippen molar-refractivity contribution < 1.29 is 8.42 Å². The van der Waals surface area contributed by atoms with E-state index < -0.39 is 10.0 Å². The van der Waals surface area contributed by atoms with Gasteiger partial charge in [0.1, 0.15) is 5.82 Å². The minimum Gasteiger partial charge on any atom is -0.264 e. The SMILES string of the molecule is Cc1ccc(-n2nc(C)cc2NS(=O)(=O)C=Cc2ccccc2Cl)nn1. The van der Waals surface area contributed by atoms with Gasteiger partial charge in [0, 0.05) is 11.1 Å². The summed E-state index contributed by atoms with van der Waals surface area (Å²) in [6, 6.07) is 12.1. The first kappa shape index (κ1) is 18.1. The number of nitrogens with zero attached hydrogens (tertiary/aromatic N) is 4. The first-order chi connectivity index (χ1) is 12.3. The van der Waals surface area contributed by atoms with Crippen molar-refractivity contribution in [2.45, 2.75) is 13.8 Å². The van der Waals surface area contributed by atoms with Crippen LogP contribution in [0.4, 0.5) is 5.82 Å². The molecule has 9 heteroatoms. The van der Waals surface area contributed by atoms with Crippen molar-refractivity contribution in [2.24, 2.45) is 0 Å². The smallest absolute Gasteiger partial charge is 0.256 e. The Hall–Kier alpha value is -2.71. The summed E-state index contributed by atoms with van der Waals surface area (Å²) in [5.74, 6) is 0.681. The predicted octanol–water partition coefficient (Wildman–Crippen LogP) is 3.35. The number of rotatable bonds is 5. The molecule has 0 atom stereocenters. The molecule has 134 valence electrons. The molecule has 2 heterocycles. The van der Waals surface area contributed by atoms with Crippen molar-refractivity contribution in [3.05, 3.63) is 69.8 Å². The van der Waals surface area contributed by atoms with Gasteiger partial charge in [0.2, 0.25) is 0 Å². The van der Waals surface area contributed by atoms with Crippen molar-refractivity contribution in [1.82, 2.24) is 20.0 Å². The summed E-state index contributed by atoms with van der Waals surface area (Å²) in [5.41, 5.74) is 2.00. The highest BCUT2D eigenvalue weighted by Crippen LogP contribution is 2.19. The minimum absolute atomic E-state index is 0.268. The maximum absolute atomic E-state index is 12.4. The molecule has 2 aromatic heterocycles. The van der Waals surface area contributed by atoms with E-state index in [1.54, 1.807) is 49.4 Å². The van der Waals surface area contributed by atoms with Crippen LogP contribution in [0.3, 0.4) is 0 Å². The van der Waals surface area contributed by atoms with E-state index in [4.69, 9.17) is 11.6 Å². The summed E-state index contributed by atoms with van der Waals surface area (Å²) in [6.45, 7) is 3.57. The quantitative estimate of drug-likeness (QED) is 0.722. The first-order valence-electron chi connectivity index (χ1n) is 7.67. The normalized spacial score (nSPS) is 11.8. The molecule has 1 aromatic carbocycles. The third-order valence-electron chi connectivity index (χ3n) is 3.41. The lowest BCUT2D eigenvalue weighted by Gasteiger charge is -2.07. The van der Waals surface area contributed by atoms with Crippen molar-refractivity contribution in [3.8, 4) is 5.82 Å². The van der Waals surface area contributed by atoms with Gasteiger partial charge in [0.05, 0.1) is 16.8 Å². The largest absolute Gasteiger partial charge is 0.264 e. The molecule has 3 aromatic rings. The number of sulfonamides is 1. The van der Waals surface area contributed by atoms with E-state index in [0.717, 1.165) is 11.1 Å². The molecule has 3 rings (SSSR count). The fourth-order valence-electron chi connectivity index (χ4n) is 2.20. The van der Waals surface area contributed by atoms with Gasteiger partial charge in [-0.05, 0) is 43.7 Å². The van der Waals surface area contributed by atoms with E-state index in [2.05, 4.69) is 20.0 Å². The maximum Gasteiger partial charge on any atom is 0.256 e. The molecule has 0 aliphatic rings. The zero-order chi connectivity index (χ0) is 18.7. The molecule has 1 N–H and O–H groups in total. The summed E-state index contributed by atoms with van der Waals surface area (Å²) in [5, 5.41) is 13.8. The van der Waals surface area contributed by atoms with Crippen LogP contribution in [0.2, 0.25) is 5.02 Å². The lowest BCUT2D eigenvalue weighted by atomic mass is 10.2. The Morgan fingerprint density at radius 2 is 1.85 bits per heavy atom. The number of aryl methyl sites for hydroxylation is 2. The standard InChI is InChI=1S/C17H16ClN5O2S/c1-12-7-8-16(20-19-12)23-17(11-13(2)21-23)22-26(24,25)10-9-14-5-3-4-6-15(14)18/h3-11,22H,1-2H3. The van der Waals surface area contributed by atoms with Crippen LogP contribution < -0.4 is 4.72 Å². The highest BCUT2D eigenvalue weighted by molar-refractivity contribution is 7.95. The van der Waals surface area contributed by atoms with Gasteiger partial charge in [-0.25, -0.2) is 8.42 Å². The van der Waals surface area contributed by atoms with Crippen LogP contribution in [0.1, 0.15) is 17.0 Å². The average Bonchev–Trinajstić information content (AvgIpc) is 2.94. The third kappa shape index (κ3) is 4.27. The number of hydrogen-bond donors (Lipinski definition) is 1. The predicted molar refractivity (Wildman–Crippen MR) is 102 cm³/mol. The molecule has 0 aliphatic heterocycles. The molecule has 0 aliphatic carbocycles. The van der Waals surface area contributed by atoms with E-state index in [0.29, 0.717) is 22.1 Å². The second-order valence-electron chi connectivity index (χ2n) is 5.59. The van der Waals surface area contributed by atoms with Crippen LogP contribution in [0, 0.1) is 13.8 Å². The Balaban J connectivity index is 1.89.